The zero-order valence-electron chi connectivity index (χ0n) is 16.5. The maximum absolute atomic E-state index is 9.13. The zero-order valence-corrected chi connectivity index (χ0v) is 16.5. The second-order valence-corrected chi connectivity index (χ2v) is 7.49. The summed E-state index contributed by atoms with van der Waals surface area (Å²) in [6, 6.07) is 15.1. The van der Waals surface area contributed by atoms with Gasteiger partial charge in [0, 0.05) is 23.3 Å². The van der Waals surface area contributed by atoms with Gasteiger partial charge in [-0.2, -0.15) is 0 Å². The van der Waals surface area contributed by atoms with Gasteiger partial charge in [-0.1, -0.05) is 42.5 Å². The third-order valence-electron chi connectivity index (χ3n) is 4.92. The summed E-state index contributed by atoms with van der Waals surface area (Å²) in [6.07, 6.45) is 5.38. The van der Waals surface area contributed by atoms with Crippen molar-refractivity contribution in [2.45, 2.75) is 53.1 Å². The summed E-state index contributed by atoms with van der Waals surface area (Å²) in [4.78, 5) is 4.29. The number of rotatable bonds is 4. The van der Waals surface area contributed by atoms with Crippen LogP contribution >= 0.6 is 0 Å². The SMILES string of the molecule is Cc1ccccc1N(C(=N)N(c1cccc2c1C=CC2)C(C)C)C(C)C. The number of nitrogens with one attached hydrogen (secondary N) is 1. The van der Waals surface area contributed by atoms with Gasteiger partial charge < -0.3 is 9.80 Å². The molecule has 0 amide bonds. The van der Waals surface area contributed by atoms with E-state index in [0.29, 0.717) is 5.96 Å². The van der Waals surface area contributed by atoms with E-state index in [-0.39, 0.29) is 12.1 Å². The molecule has 1 N–H and O–H groups in total. The van der Waals surface area contributed by atoms with Crippen molar-refractivity contribution in [1.29, 1.82) is 5.41 Å². The Kier molecular flexibility index (Phi) is 5.17. The van der Waals surface area contributed by atoms with Gasteiger partial charge in [0.2, 0.25) is 5.96 Å². The molecular weight excluding hydrogens is 318 g/mol. The molecule has 3 heteroatoms. The molecule has 136 valence electrons. The Bertz CT molecular complexity index is 833. The molecule has 0 bridgehead atoms. The van der Waals surface area contributed by atoms with Gasteiger partial charge in [-0.3, -0.25) is 5.41 Å². The lowest BCUT2D eigenvalue weighted by Gasteiger charge is -2.39. The number of para-hydroxylation sites is 1. The maximum atomic E-state index is 9.13. The molecule has 26 heavy (non-hydrogen) atoms. The van der Waals surface area contributed by atoms with Gasteiger partial charge in [-0.05, 0) is 64.3 Å². The lowest BCUT2D eigenvalue weighted by Crippen LogP contribution is -2.50. The van der Waals surface area contributed by atoms with Crippen molar-refractivity contribution in [2.75, 3.05) is 9.80 Å². The number of hydrogen-bond acceptors (Lipinski definition) is 1. The van der Waals surface area contributed by atoms with E-state index in [4.69, 9.17) is 5.41 Å². The number of aryl methyl sites for hydroxylation is 1. The Morgan fingerprint density at radius 2 is 1.50 bits per heavy atom. The summed E-state index contributed by atoms with van der Waals surface area (Å²) in [6.45, 7) is 10.7. The second kappa shape index (κ2) is 7.36. The number of anilines is 2. The molecule has 0 spiro atoms. The zero-order chi connectivity index (χ0) is 18.8. The number of allylic oxidation sites excluding steroid dienone is 1. The summed E-state index contributed by atoms with van der Waals surface area (Å²) in [5, 5.41) is 9.13. The van der Waals surface area contributed by atoms with Crippen molar-refractivity contribution in [2.24, 2.45) is 0 Å². The van der Waals surface area contributed by atoms with Gasteiger partial charge in [-0.15, -0.1) is 0 Å². The predicted molar refractivity (Wildman–Crippen MR) is 113 cm³/mol. The van der Waals surface area contributed by atoms with Gasteiger partial charge in [0.15, 0.2) is 0 Å². The number of hydrogen-bond donors (Lipinski definition) is 1. The molecule has 0 aromatic heterocycles. The maximum Gasteiger partial charge on any atom is 0.203 e. The number of fused-ring (bicyclic) bond motifs is 1. The van der Waals surface area contributed by atoms with E-state index < -0.39 is 0 Å². The van der Waals surface area contributed by atoms with E-state index in [9.17, 15) is 0 Å². The van der Waals surface area contributed by atoms with Crippen LogP contribution in [-0.4, -0.2) is 18.0 Å². The van der Waals surface area contributed by atoms with Gasteiger partial charge in [0.05, 0.1) is 5.69 Å². The molecule has 1 aliphatic carbocycles. The van der Waals surface area contributed by atoms with E-state index in [1.807, 2.05) is 6.07 Å². The highest BCUT2D eigenvalue weighted by atomic mass is 15.4. The van der Waals surface area contributed by atoms with Crippen LogP contribution in [0.2, 0.25) is 0 Å². The molecule has 3 rings (SSSR count). The van der Waals surface area contributed by atoms with Crippen LogP contribution in [0.15, 0.2) is 48.5 Å². The minimum absolute atomic E-state index is 0.188. The molecule has 0 atom stereocenters. The van der Waals surface area contributed by atoms with Gasteiger partial charge in [0.25, 0.3) is 0 Å². The van der Waals surface area contributed by atoms with E-state index in [1.165, 1.54) is 16.7 Å². The molecule has 0 unspecified atom stereocenters. The fraction of sp³-hybridized carbons (Fsp3) is 0.348. The van der Waals surface area contributed by atoms with Gasteiger partial charge >= 0.3 is 0 Å². The average Bonchev–Trinajstić information content (AvgIpc) is 3.06. The Morgan fingerprint density at radius 1 is 0.885 bits per heavy atom. The van der Waals surface area contributed by atoms with Crippen molar-refractivity contribution in [3.8, 4) is 0 Å². The Morgan fingerprint density at radius 3 is 2.15 bits per heavy atom. The molecular formula is C23H29N3. The van der Waals surface area contributed by atoms with Crippen LogP contribution in [0.1, 0.15) is 44.4 Å². The normalized spacial score (nSPS) is 12.6. The van der Waals surface area contributed by atoms with Crippen LogP contribution in [0.5, 0.6) is 0 Å². The summed E-state index contributed by atoms with van der Waals surface area (Å²) in [7, 11) is 0. The molecule has 1 aliphatic rings. The topological polar surface area (TPSA) is 30.3 Å². The van der Waals surface area contributed by atoms with Crippen molar-refractivity contribution in [3.05, 3.63) is 65.2 Å². The number of guanidine groups is 1. The first-order chi connectivity index (χ1) is 12.4. The first-order valence-electron chi connectivity index (χ1n) is 9.43. The van der Waals surface area contributed by atoms with Crippen molar-refractivity contribution in [1.82, 2.24) is 0 Å². The third kappa shape index (κ3) is 3.26. The summed E-state index contributed by atoms with van der Waals surface area (Å²) >= 11 is 0. The minimum Gasteiger partial charge on any atom is -0.310 e. The van der Waals surface area contributed by atoms with Crippen molar-refractivity contribution < 1.29 is 0 Å². The largest absolute Gasteiger partial charge is 0.310 e. The molecule has 0 saturated carbocycles. The quantitative estimate of drug-likeness (QED) is 0.574. The monoisotopic (exact) mass is 347 g/mol. The lowest BCUT2D eigenvalue weighted by atomic mass is 10.1. The van der Waals surface area contributed by atoms with E-state index in [1.54, 1.807) is 0 Å². The summed E-state index contributed by atoms with van der Waals surface area (Å²) < 4.78 is 0. The Balaban J connectivity index is 2.08. The molecule has 0 radical (unpaired) electrons. The van der Waals surface area contributed by atoms with Crippen molar-refractivity contribution in [3.63, 3.8) is 0 Å². The highest BCUT2D eigenvalue weighted by Gasteiger charge is 2.27. The highest BCUT2D eigenvalue weighted by molar-refractivity contribution is 6.07. The molecule has 3 nitrogen and oxygen atoms in total. The fourth-order valence-corrected chi connectivity index (χ4v) is 3.71. The smallest absolute Gasteiger partial charge is 0.203 e. The Hall–Kier alpha value is -2.55. The van der Waals surface area contributed by atoms with Crippen LogP contribution in [0.3, 0.4) is 0 Å². The Labute approximate surface area is 157 Å². The summed E-state index contributed by atoms with van der Waals surface area (Å²) in [5.74, 6) is 0.526. The standard InChI is InChI=1S/C23H29N3/c1-16(2)25(21-14-7-6-10-18(21)5)23(24)26(17(3)4)22-15-9-12-19-11-8-13-20(19)22/h6-10,12-17,24H,11H2,1-5H3. The average molecular weight is 348 g/mol. The molecule has 2 aromatic rings. The van der Waals surface area contributed by atoms with Crippen LogP contribution in [0, 0.1) is 12.3 Å². The van der Waals surface area contributed by atoms with Crippen LogP contribution in [0.4, 0.5) is 11.4 Å². The van der Waals surface area contributed by atoms with Crippen LogP contribution in [0.25, 0.3) is 6.08 Å². The van der Waals surface area contributed by atoms with Crippen LogP contribution < -0.4 is 9.80 Å². The van der Waals surface area contributed by atoms with Crippen LogP contribution in [-0.2, 0) is 6.42 Å². The third-order valence-corrected chi connectivity index (χ3v) is 4.92. The number of benzene rings is 2. The molecule has 0 heterocycles. The lowest BCUT2D eigenvalue weighted by molar-refractivity contribution is 0.745. The van der Waals surface area contributed by atoms with E-state index >= 15 is 0 Å². The number of nitrogens with zero attached hydrogens (tertiary/aromatic N) is 2. The fourth-order valence-electron chi connectivity index (χ4n) is 3.71. The molecule has 2 aromatic carbocycles. The molecule has 0 aliphatic heterocycles. The predicted octanol–water partition coefficient (Wildman–Crippen LogP) is 5.63. The van der Waals surface area contributed by atoms with Gasteiger partial charge in [0.1, 0.15) is 0 Å². The second-order valence-electron chi connectivity index (χ2n) is 7.49. The van der Waals surface area contributed by atoms with E-state index in [0.717, 1.165) is 17.8 Å². The molecule has 0 saturated heterocycles. The first kappa shape index (κ1) is 18.2. The van der Waals surface area contributed by atoms with Crippen molar-refractivity contribution >= 4 is 23.4 Å². The summed E-state index contributed by atoms with van der Waals surface area (Å²) in [5.41, 5.74) is 6.00. The highest BCUT2D eigenvalue weighted by Crippen LogP contribution is 2.33. The molecule has 0 fully saturated rings. The minimum atomic E-state index is 0.188. The van der Waals surface area contributed by atoms with E-state index in [2.05, 4.69) is 93.0 Å². The first-order valence-corrected chi connectivity index (χ1v) is 9.43. The van der Waals surface area contributed by atoms with Gasteiger partial charge in [-0.25, -0.2) is 0 Å².